The number of hydrogen-bond donors (Lipinski definition) is 1. The first-order valence-electron chi connectivity index (χ1n) is 9.23. The second-order valence-electron chi connectivity index (χ2n) is 6.95. The summed E-state index contributed by atoms with van der Waals surface area (Å²) >= 11 is 1.43. The number of anilines is 1. The molecule has 0 saturated heterocycles. The van der Waals surface area contributed by atoms with Gasteiger partial charge in [-0.1, -0.05) is 48.0 Å². The average Bonchev–Trinajstić information content (AvgIpc) is 3.09. The lowest BCUT2D eigenvalue weighted by Crippen LogP contribution is -2.30. The molecule has 146 valence electrons. The molecule has 0 saturated carbocycles. The highest BCUT2D eigenvalue weighted by atomic mass is 32.1. The molecular weight excluding hydrogens is 384 g/mol. The minimum Gasteiger partial charge on any atom is -0.324 e. The number of thiazole rings is 1. The fraction of sp³-hybridized carbons (Fsp3) is 0.182. The fourth-order valence-electron chi connectivity index (χ4n) is 3.24. The van der Waals surface area contributed by atoms with Crippen molar-refractivity contribution in [2.45, 2.75) is 27.3 Å². The van der Waals surface area contributed by atoms with Crippen molar-refractivity contribution in [1.29, 1.82) is 0 Å². The minimum atomic E-state index is -0.361. The molecular formula is C22H20N4O2S. The molecule has 4 rings (SSSR count). The van der Waals surface area contributed by atoms with Crippen LogP contribution in [0.25, 0.3) is 21.5 Å². The van der Waals surface area contributed by atoms with Crippen LogP contribution in [0.3, 0.4) is 0 Å². The number of hydrogen-bond acceptors (Lipinski definition) is 5. The van der Waals surface area contributed by atoms with Gasteiger partial charge in [0.15, 0.2) is 5.52 Å². The van der Waals surface area contributed by atoms with Crippen LogP contribution in [0, 0.1) is 20.8 Å². The number of fused-ring (bicyclic) bond motifs is 1. The number of rotatable bonds is 4. The van der Waals surface area contributed by atoms with Crippen molar-refractivity contribution in [2.24, 2.45) is 0 Å². The smallest absolute Gasteiger partial charge is 0.294 e. The highest BCUT2D eigenvalue weighted by Gasteiger charge is 2.18. The molecule has 29 heavy (non-hydrogen) atoms. The standard InChI is InChI=1S/C22H20N4O2S/c1-13-9-10-17(14(2)11-13)24-18(27)12-26-22(28)20-21(29-15(3)23-20)19(25-26)16-7-5-4-6-8-16/h4-11H,12H2,1-3H3,(H,24,27). The van der Waals surface area contributed by atoms with Crippen molar-refractivity contribution in [3.05, 3.63) is 75.0 Å². The number of carbonyl (C=O) groups is 1. The van der Waals surface area contributed by atoms with Gasteiger partial charge in [-0.25, -0.2) is 9.67 Å². The topological polar surface area (TPSA) is 76.9 Å². The summed E-state index contributed by atoms with van der Waals surface area (Å²) in [6, 6.07) is 15.4. The van der Waals surface area contributed by atoms with Gasteiger partial charge in [0.05, 0.1) is 9.71 Å². The Hall–Kier alpha value is -3.32. The molecule has 6 nitrogen and oxygen atoms in total. The second-order valence-corrected chi connectivity index (χ2v) is 8.16. The summed E-state index contributed by atoms with van der Waals surface area (Å²) in [7, 11) is 0. The Kier molecular flexibility index (Phi) is 4.98. The Bertz CT molecular complexity index is 1280. The van der Waals surface area contributed by atoms with Crippen LogP contribution in [-0.4, -0.2) is 20.7 Å². The molecule has 0 atom stereocenters. The van der Waals surface area contributed by atoms with Crippen molar-refractivity contribution in [2.75, 3.05) is 5.32 Å². The number of carbonyl (C=O) groups excluding carboxylic acids is 1. The van der Waals surface area contributed by atoms with Gasteiger partial charge in [0, 0.05) is 11.3 Å². The molecule has 0 aliphatic carbocycles. The van der Waals surface area contributed by atoms with E-state index >= 15 is 0 Å². The van der Waals surface area contributed by atoms with Gasteiger partial charge in [-0.2, -0.15) is 5.10 Å². The van der Waals surface area contributed by atoms with E-state index in [0.717, 1.165) is 32.1 Å². The Balaban J connectivity index is 1.73. The normalized spacial score (nSPS) is 11.0. The lowest BCUT2D eigenvalue weighted by molar-refractivity contribution is -0.117. The first-order chi connectivity index (χ1) is 13.9. The lowest BCUT2D eigenvalue weighted by atomic mass is 10.1. The maximum atomic E-state index is 12.9. The second kappa shape index (κ2) is 7.60. The molecule has 0 radical (unpaired) electrons. The zero-order valence-corrected chi connectivity index (χ0v) is 17.2. The molecule has 0 unspecified atom stereocenters. The number of aryl methyl sites for hydroxylation is 3. The van der Waals surface area contributed by atoms with Crippen LogP contribution >= 0.6 is 11.3 Å². The third-order valence-corrected chi connectivity index (χ3v) is 5.58. The van der Waals surface area contributed by atoms with Gasteiger partial charge in [0.1, 0.15) is 12.2 Å². The Morgan fingerprint density at radius 1 is 1.10 bits per heavy atom. The van der Waals surface area contributed by atoms with E-state index in [9.17, 15) is 9.59 Å². The van der Waals surface area contributed by atoms with Crippen LogP contribution < -0.4 is 10.9 Å². The summed E-state index contributed by atoms with van der Waals surface area (Å²) in [5.41, 5.74) is 4.34. The highest BCUT2D eigenvalue weighted by Crippen LogP contribution is 2.29. The van der Waals surface area contributed by atoms with Crippen molar-refractivity contribution in [1.82, 2.24) is 14.8 Å². The monoisotopic (exact) mass is 404 g/mol. The SMILES string of the molecule is Cc1ccc(NC(=O)Cn2nc(-c3ccccc3)c3sc(C)nc3c2=O)c(C)c1. The first kappa shape index (κ1) is 19.0. The molecule has 0 aliphatic heterocycles. The molecule has 0 bridgehead atoms. The van der Waals surface area contributed by atoms with E-state index in [-0.39, 0.29) is 18.0 Å². The summed E-state index contributed by atoms with van der Waals surface area (Å²) < 4.78 is 1.94. The van der Waals surface area contributed by atoms with Crippen molar-refractivity contribution < 1.29 is 4.79 Å². The first-order valence-corrected chi connectivity index (χ1v) is 10.0. The fourth-order valence-corrected chi connectivity index (χ4v) is 4.16. The van der Waals surface area contributed by atoms with E-state index in [1.54, 1.807) is 0 Å². The van der Waals surface area contributed by atoms with Gasteiger partial charge in [-0.3, -0.25) is 9.59 Å². The molecule has 0 spiro atoms. The molecule has 2 aromatic heterocycles. The number of nitrogens with one attached hydrogen (secondary N) is 1. The zero-order chi connectivity index (χ0) is 20.5. The maximum absolute atomic E-state index is 12.9. The van der Waals surface area contributed by atoms with Gasteiger partial charge >= 0.3 is 0 Å². The predicted molar refractivity (Wildman–Crippen MR) is 116 cm³/mol. The van der Waals surface area contributed by atoms with Crippen LogP contribution in [0.5, 0.6) is 0 Å². The van der Waals surface area contributed by atoms with E-state index in [2.05, 4.69) is 15.4 Å². The summed E-state index contributed by atoms with van der Waals surface area (Å²) in [5, 5.41) is 8.17. The van der Waals surface area contributed by atoms with E-state index in [1.807, 2.05) is 69.3 Å². The predicted octanol–water partition coefficient (Wildman–Crippen LogP) is 4.08. The van der Waals surface area contributed by atoms with Crippen LogP contribution in [0.15, 0.2) is 53.3 Å². The summed E-state index contributed by atoms with van der Waals surface area (Å²) in [5.74, 6) is -0.308. The quantitative estimate of drug-likeness (QED) is 0.556. The van der Waals surface area contributed by atoms with Crippen molar-refractivity contribution in [3.8, 4) is 11.3 Å². The van der Waals surface area contributed by atoms with E-state index in [4.69, 9.17) is 0 Å². The van der Waals surface area contributed by atoms with E-state index in [0.29, 0.717) is 11.2 Å². The van der Waals surface area contributed by atoms with Gasteiger partial charge in [-0.15, -0.1) is 11.3 Å². The van der Waals surface area contributed by atoms with Gasteiger partial charge in [0.25, 0.3) is 5.56 Å². The largest absolute Gasteiger partial charge is 0.324 e. The molecule has 7 heteroatoms. The molecule has 1 N–H and O–H groups in total. The van der Waals surface area contributed by atoms with Crippen LogP contribution in [-0.2, 0) is 11.3 Å². The van der Waals surface area contributed by atoms with Crippen molar-refractivity contribution in [3.63, 3.8) is 0 Å². The van der Waals surface area contributed by atoms with Crippen LogP contribution in [0.2, 0.25) is 0 Å². The number of nitrogens with zero attached hydrogens (tertiary/aromatic N) is 3. The van der Waals surface area contributed by atoms with Crippen LogP contribution in [0.4, 0.5) is 5.69 Å². The number of aromatic nitrogens is 3. The lowest BCUT2D eigenvalue weighted by Gasteiger charge is -2.11. The molecule has 0 fully saturated rings. The Labute approximate surface area is 171 Å². The molecule has 0 aliphatic rings. The molecule has 4 aromatic rings. The zero-order valence-electron chi connectivity index (χ0n) is 16.4. The molecule has 2 aromatic carbocycles. The Morgan fingerprint density at radius 3 is 2.59 bits per heavy atom. The highest BCUT2D eigenvalue weighted by molar-refractivity contribution is 7.19. The van der Waals surface area contributed by atoms with Gasteiger partial charge in [0.2, 0.25) is 5.91 Å². The van der Waals surface area contributed by atoms with E-state index < -0.39 is 0 Å². The minimum absolute atomic E-state index is 0.182. The maximum Gasteiger partial charge on any atom is 0.294 e. The summed E-state index contributed by atoms with van der Waals surface area (Å²) in [6.45, 7) is 5.61. The average molecular weight is 404 g/mol. The molecule has 2 heterocycles. The van der Waals surface area contributed by atoms with Gasteiger partial charge < -0.3 is 5.32 Å². The van der Waals surface area contributed by atoms with Crippen molar-refractivity contribution >= 4 is 33.1 Å². The number of benzene rings is 2. The Morgan fingerprint density at radius 2 is 1.86 bits per heavy atom. The van der Waals surface area contributed by atoms with E-state index in [1.165, 1.54) is 16.0 Å². The summed E-state index contributed by atoms with van der Waals surface area (Å²) in [6.07, 6.45) is 0. The molecule has 1 amide bonds. The van der Waals surface area contributed by atoms with Gasteiger partial charge in [-0.05, 0) is 32.4 Å². The van der Waals surface area contributed by atoms with Crippen LogP contribution in [0.1, 0.15) is 16.1 Å². The number of amides is 1. The summed E-state index contributed by atoms with van der Waals surface area (Å²) in [4.78, 5) is 29.9. The third-order valence-electron chi connectivity index (χ3n) is 4.60. The third kappa shape index (κ3) is 3.82.